The molecule has 0 aromatic carbocycles. The Balaban J connectivity index is 2.19. The van der Waals surface area contributed by atoms with Gasteiger partial charge in [-0.2, -0.15) is 0 Å². The van der Waals surface area contributed by atoms with Crippen LogP contribution in [0.1, 0.15) is 27.2 Å². The predicted octanol–water partition coefficient (Wildman–Crippen LogP) is -0.814. The molecule has 0 spiro atoms. The van der Waals surface area contributed by atoms with Crippen molar-refractivity contribution in [2.45, 2.75) is 38.6 Å². The maximum Gasteiger partial charge on any atom is 0.352 e. The van der Waals surface area contributed by atoms with Gasteiger partial charge in [0.2, 0.25) is 5.71 Å². The van der Waals surface area contributed by atoms with Crippen molar-refractivity contribution in [2.24, 2.45) is 5.16 Å². The number of nitrogens with one attached hydrogen (secondary N) is 1. The second-order valence-electron chi connectivity index (χ2n) is 6.20. The van der Waals surface area contributed by atoms with E-state index in [0.717, 1.165) is 23.6 Å². The third-order valence-corrected chi connectivity index (χ3v) is 5.39. The molecule has 0 aromatic rings. The third kappa shape index (κ3) is 4.84. The van der Waals surface area contributed by atoms with Crippen LogP contribution in [0.25, 0.3) is 0 Å². The van der Waals surface area contributed by atoms with Crippen molar-refractivity contribution in [3.63, 3.8) is 0 Å². The Morgan fingerprint density at radius 1 is 1.23 bits per heavy atom. The van der Waals surface area contributed by atoms with Gasteiger partial charge >= 0.3 is 17.9 Å². The van der Waals surface area contributed by atoms with Crippen molar-refractivity contribution in [1.82, 2.24) is 10.2 Å². The first-order valence-electron chi connectivity index (χ1n) is 8.71. The summed E-state index contributed by atoms with van der Waals surface area (Å²) in [6, 6.07) is -1.11. The Morgan fingerprint density at radius 2 is 1.90 bits per heavy atom. The zero-order valence-electron chi connectivity index (χ0n) is 16.3. The van der Waals surface area contributed by atoms with Crippen LogP contribution in [-0.2, 0) is 38.3 Å². The van der Waals surface area contributed by atoms with E-state index >= 15 is 0 Å². The molecule has 0 unspecified atom stereocenters. The molecule has 0 bridgehead atoms. The topological polar surface area (TPSA) is 169 Å². The molecule has 0 radical (unpaired) electrons. The van der Waals surface area contributed by atoms with E-state index in [1.165, 1.54) is 13.8 Å². The number of esters is 1. The summed E-state index contributed by atoms with van der Waals surface area (Å²) in [4.78, 5) is 75.8. The molecule has 2 heterocycles. The largest absolute Gasteiger partial charge is 0.477 e. The van der Waals surface area contributed by atoms with Crippen LogP contribution in [0.15, 0.2) is 16.4 Å². The number of aliphatic carboxylic acids is 1. The summed E-state index contributed by atoms with van der Waals surface area (Å²) in [5.74, 6) is -5.10. The molecule has 2 rings (SSSR count). The van der Waals surface area contributed by atoms with Crippen LogP contribution in [0.3, 0.4) is 0 Å². The van der Waals surface area contributed by atoms with E-state index in [9.17, 15) is 33.9 Å². The quantitative estimate of drug-likeness (QED) is 0.121. The molecule has 0 saturated carbocycles. The minimum Gasteiger partial charge on any atom is -0.477 e. The van der Waals surface area contributed by atoms with Crippen molar-refractivity contribution >= 4 is 53.0 Å². The van der Waals surface area contributed by atoms with Crippen molar-refractivity contribution in [1.29, 1.82) is 0 Å². The lowest BCUT2D eigenvalue weighted by Gasteiger charge is -2.49. The number of carboxylic acid groups (broad SMARTS) is 1. The molecular weight excluding hydrogens is 422 g/mol. The van der Waals surface area contributed by atoms with Crippen LogP contribution in [0.4, 0.5) is 0 Å². The van der Waals surface area contributed by atoms with Gasteiger partial charge < -0.3 is 20.0 Å². The average Bonchev–Trinajstić information content (AvgIpc) is 2.68. The van der Waals surface area contributed by atoms with Crippen LogP contribution in [0.5, 0.6) is 0 Å². The van der Waals surface area contributed by atoms with Crippen LogP contribution < -0.4 is 5.32 Å². The Kier molecular flexibility index (Phi) is 7.32. The molecule has 0 aromatic heterocycles. The molecule has 2 aliphatic heterocycles. The highest BCUT2D eigenvalue weighted by Gasteiger charge is 2.54. The van der Waals surface area contributed by atoms with Crippen LogP contribution in [0, 0.1) is 0 Å². The lowest BCUT2D eigenvalue weighted by atomic mass is 10.0. The minimum atomic E-state index is -1.38. The van der Waals surface area contributed by atoms with Gasteiger partial charge in [0.1, 0.15) is 23.7 Å². The molecule has 162 valence electrons. The number of Topliss-reactive ketones (excluding diaryl/α,β-unsaturated/α-hetero) is 1. The van der Waals surface area contributed by atoms with E-state index in [2.05, 4.69) is 15.3 Å². The number of oxime groups is 1. The van der Waals surface area contributed by atoms with Crippen molar-refractivity contribution < 1.29 is 43.4 Å². The summed E-state index contributed by atoms with van der Waals surface area (Å²) in [6.07, 6.45) is -0.0954. The van der Waals surface area contributed by atoms with E-state index in [1.54, 1.807) is 0 Å². The highest BCUT2D eigenvalue weighted by Crippen LogP contribution is 2.40. The highest BCUT2D eigenvalue weighted by atomic mass is 32.2. The Morgan fingerprint density at radius 3 is 2.43 bits per heavy atom. The summed E-state index contributed by atoms with van der Waals surface area (Å²) < 4.78 is 4.84. The van der Waals surface area contributed by atoms with Gasteiger partial charge in [0.25, 0.3) is 11.8 Å². The Bertz CT molecular complexity index is 880. The molecule has 2 amide bonds. The van der Waals surface area contributed by atoms with Crippen molar-refractivity contribution in [3.8, 4) is 0 Å². The number of ether oxygens (including phenoxy) is 1. The molecule has 30 heavy (non-hydrogen) atoms. The van der Waals surface area contributed by atoms with E-state index in [-0.39, 0.29) is 30.1 Å². The standard InChI is InChI=1S/C17H19N3O9S/c1-4-10(23)11(19-29-8(3)22)14(24)18-12-15(25)20-13(17(26)27)9(5-28-7(2)21)6-30-16(12)20/h12,16H,4-6H2,1-3H3,(H,18,24)(H,26,27)/t12-,16+/m1/s1. The fraction of sp³-hybridized carbons (Fsp3) is 0.471. The predicted molar refractivity (Wildman–Crippen MR) is 101 cm³/mol. The molecule has 0 aliphatic carbocycles. The van der Waals surface area contributed by atoms with E-state index in [0.29, 0.717) is 0 Å². The normalized spacial score (nSPS) is 20.7. The highest BCUT2D eigenvalue weighted by molar-refractivity contribution is 8.00. The number of carbonyl (C=O) groups excluding carboxylic acids is 5. The molecule has 1 saturated heterocycles. The number of hydrogen-bond donors (Lipinski definition) is 2. The second kappa shape index (κ2) is 9.52. The van der Waals surface area contributed by atoms with Crippen LogP contribution >= 0.6 is 11.8 Å². The lowest BCUT2D eigenvalue weighted by Crippen LogP contribution is -2.71. The molecule has 2 aliphatic rings. The summed E-state index contributed by atoms with van der Waals surface area (Å²) >= 11 is 1.16. The zero-order valence-corrected chi connectivity index (χ0v) is 17.1. The first kappa shape index (κ1) is 23.1. The maximum absolute atomic E-state index is 12.5. The average molecular weight is 441 g/mol. The monoisotopic (exact) mass is 441 g/mol. The number of fused-ring (bicyclic) bond motifs is 1. The van der Waals surface area contributed by atoms with E-state index in [1.807, 2.05) is 0 Å². The van der Waals surface area contributed by atoms with Gasteiger partial charge in [-0.3, -0.25) is 24.1 Å². The van der Waals surface area contributed by atoms with Gasteiger partial charge in [0.05, 0.1) is 0 Å². The van der Waals surface area contributed by atoms with Crippen molar-refractivity contribution in [2.75, 3.05) is 12.4 Å². The second-order valence-corrected chi connectivity index (χ2v) is 7.30. The Hall–Kier alpha value is -3.22. The summed E-state index contributed by atoms with van der Waals surface area (Å²) in [5.41, 5.74) is -0.742. The molecule has 1 fully saturated rings. The molecular formula is C17H19N3O9S. The van der Waals surface area contributed by atoms with Gasteiger partial charge in [-0.05, 0) is 0 Å². The maximum atomic E-state index is 12.5. The molecule has 13 heteroatoms. The van der Waals surface area contributed by atoms with Gasteiger partial charge in [-0.25, -0.2) is 9.59 Å². The number of nitrogens with zero attached hydrogens (tertiary/aromatic N) is 2. The lowest BCUT2D eigenvalue weighted by molar-refractivity contribution is -0.150. The van der Waals surface area contributed by atoms with Gasteiger partial charge in [0, 0.05) is 31.6 Å². The third-order valence-electron chi connectivity index (χ3n) is 4.05. The van der Waals surface area contributed by atoms with Crippen LogP contribution in [-0.4, -0.2) is 75.0 Å². The molecule has 2 N–H and O–H groups in total. The zero-order chi connectivity index (χ0) is 22.6. The van der Waals surface area contributed by atoms with Gasteiger partial charge in [-0.1, -0.05) is 12.1 Å². The molecule has 2 atom stereocenters. The fourth-order valence-corrected chi connectivity index (χ4v) is 4.02. The number of amides is 2. The number of β-lactam (4-membered cyclic amide) rings is 1. The summed E-state index contributed by atoms with van der Waals surface area (Å²) in [6.45, 7) is 3.41. The van der Waals surface area contributed by atoms with Gasteiger partial charge in [0.15, 0.2) is 5.78 Å². The summed E-state index contributed by atoms with van der Waals surface area (Å²) in [5, 5.41) is 14.3. The summed E-state index contributed by atoms with van der Waals surface area (Å²) in [7, 11) is 0. The van der Waals surface area contributed by atoms with Crippen LogP contribution in [0.2, 0.25) is 0 Å². The van der Waals surface area contributed by atoms with Crippen molar-refractivity contribution in [3.05, 3.63) is 11.3 Å². The first-order valence-corrected chi connectivity index (χ1v) is 9.76. The number of carboxylic acids is 1. The van der Waals surface area contributed by atoms with E-state index in [4.69, 9.17) is 4.74 Å². The minimum absolute atomic E-state index is 0.0954. The smallest absolute Gasteiger partial charge is 0.352 e. The number of hydrogen-bond acceptors (Lipinski definition) is 10. The first-order chi connectivity index (χ1) is 14.1. The number of carbonyl (C=O) groups is 6. The fourth-order valence-electron chi connectivity index (χ4n) is 2.69. The number of rotatable bonds is 8. The Labute approximate surface area is 174 Å². The number of thioether (sulfide) groups is 1. The number of ketones is 1. The SMILES string of the molecule is CCC(=O)C(=NOC(C)=O)C(=O)N[C@@H]1C(=O)N2C(C(=O)O)=C(COC(C)=O)CS[C@@H]12. The molecule has 12 nitrogen and oxygen atoms in total. The van der Waals surface area contributed by atoms with Gasteiger partial charge in [-0.15, -0.1) is 11.8 Å². The van der Waals surface area contributed by atoms with E-state index < -0.39 is 52.6 Å².